The predicted molar refractivity (Wildman–Crippen MR) is 82.8 cm³/mol. The van der Waals surface area contributed by atoms with Crippen LogP contribution in [0, 0.1) is 13.8 Å². The SMILES string of the molecule is Cc1cc(C)nc(N2CC(c3nn(C)c4nccnc34)C2)n1. The summed E-state index contributed by atoms with van der Waals surface area (Å²) in [7, 11) is 1.91. The molecular weight excluding hydrogens is 278 g/mol. The van der Waals surface area contributed by atoms with E-state index in [1.165, 1.54) is 0 Å². The van der Waals surface area contributed by atoms with Gasteiger partial charge in [-0.25, -0.2) is 24.6 Å². The van der Waals surface area contributed by atoms with Crippen LogP contribution in [0.15, 0.2) is 18.5 Å². The van der Waals surface area contributed by atoms with Gasteiger partial charge in [-0.1, -0.05) is 0 Å². The van der Waals surface area contributed by atoms with E-state index in [4.69, 9.17) is 0 Å². The molecule has 7 heteroatoms. The van der Waals surface area contributed by atoms with Crippen molar-refractivity contribution in [2.45, 2.75) is 19.8 Å². The van der Waals surface area contributed by atoms with Gasteiger partial charge in [0, 0.05) is 49.8 Å². The summed E-state index contributed by atoms with van der Waals surface area (Å²) in [6.45, 7) is 5.73. The maximum absolute atomic E-state index is 4.60. The first-order chi connectivity index (χ1) is 10.6. The summed E-state index contributed by atoms with van der Waals surface area (Å²) in [6, 6.07) is 1.99. The van der Waals surface area contributed by atoms with Crippen molar-refractivity contribution in [2.24, 2.45) is 7.05 Å². The van der Waals surface area contributed by atoms with E-state index < -0.39 is 0 Å². The number of hydrogen-bond donors (Lipinski definition) is 0. The summed E-state index contributed by atoms with van der Waals surface area (Å²) in [5.41, 5.74) is 4.75. The van der Waals surface area contributed by atoms with Crippen molar-refractivity contribution in [2.75, 3.05) is 18.0 Å². The van der Waals surface area contributed by atoms with E-state index >= 15 is 0 Å². The van der Waals surface area contributed by atoms with E-state index in [9.17, 15) is 0 Å². The van der Waals surface area contributed by atoms with Gasteiger partial charge in [-0.05, 0) is 19.9 Å². The smallest absolute Gasteiger partial charge is 0.225 e. The van der Waals surface area contributed by atoms with E-state index in [1.807, 2.05) is 27.0 Å². The van der Waals surface area contributed by atoms with Crippen LogP contribution in [0.25, 0.3) is 11.2 Å². The molecule has 1 saturated heterocycles. The molecular formula is C15H17N7. The Labute approximate surface area is 128 Å². The summed E-state index contributed by atoms with van der Waals surface area (Å²) in [5, 5.41) is 4.60. The molecule has 0 saturated carbocycles. The van der Waals surface area contributed by atoms with Crippen molar-refractivity contribution < 1.29 is 0 Å². The van der Waals surface area contributed by atoms with Crippen molar-refractivity contribution in [3.05, 3.63) is 35.5 Å². The van der Waals surface area contributed by atoms with Crippen LogP contribution in [-0.4, -0.2) is 42.8 Å². The molecule has 0 aromatic carbocycles. The molecule has 3 aromatic rings. The van der Waals surface area contributed by atoms with E-state index in [2.05, 4.69) is 29.9 Å². The summed E-state index contributed by atoms with van der Waals surface area (Å²) >= 11 is 0. The first-order valence-corrected chi connectivity index (χ1v) is 7.32. The Balaban J connectivity index is 1.60. The molecule has 4 heterocycles. The molecule has 112 valence electrons. The zero-order valence-electron chi connectivity index (χ0n) is 12.9. The number of anilines is 1. The molecule has 0 spiro atoms. The quantitative estimate of drug-likeness (QED) is 0.711. The zero-order chi connectivity index (χ0) is 15.3. The third-order valence-electron chi connectivity index (χ3n) is 4.01. The van der Waals surface area contributed by atoms with Gasteiger partial charge in [-0.2, -0.15) is 5.10 Å². The lowest BCUT2D eigenvalue weighted by Gasteiger charge is -2.38. The van der Waals surface area contributed by atoms with Gasteiger partial charge in [0.2, 0.25) is 5.95 Å². The second-order valence-electron chi connectivity index (χ2n) is 5.79. The van der Waals surface area contributed by atoms with Crippen LogP contribution in [0.3, 0.4) is 0 Å². The number of rotatable bonds is 2. The fraction of sp³-hybridized carbons (Fsp3) is 0.400. The number of nitrogens with zero attached hydrogens (tertiary/aromatic N) is 7. The van der Waals surface area contributed by atoms with Crippen LogP contribution in [-0.2, 0) is 7.05 Å². The van der Waals surface area contributed by atoms with Crippen LogP contribution >= 0.6 is 0 Å². The third-order valence-corrected chi connectivity index (χ3v) is 4.01. The maximum Gasteiger partial charge on any atom is 0.225 e. The molecule has 0 atom stereocenters. The van der Waals surface area contributed by atoms with Gasteiger partial charge in [0.05, 0.1) is 5.69 Å². The predicted octanol–water partition coefficient (Wildman–Crippen LogP) is 1.37. The fourth-order valence-electron chi connectivity index (χ4n) is 2.94. The van der Waals surface area contributed by atoms with Crippen LogP contribution in [0.4, 0.5) is 5.95 Å². The fourth-order valence-corrected chi connectivity index (χ4v) is 2.94. The van der Waals surface area contributed by atoms with Crippen molar-refractivity contribution in [3.63, 3.8) is 0 Å². The Bertz CT molecular complexity index is 828. The highest BCUT2D eigenvalue weighted by Crippen LogP contribution is 2.32. The molecule has 22 heavy (non-hydrogen) atoms. The van der Waals surface area contributed by atoms with Gasteiger partial charge in [-0.3, -0.25) is 0 Å². The molecule has 0 bridgehead atoms. The van der Waals surface area contributed by atoms with Crippen molar-refractivity contribution >= 4 is 17.1 Å². The molecule has 0 amide bonds. The van der Waals surface area contributed by atoms with Crippen LogP contribution in [0.2, 0.25) is 0 Å². The van der Waals surface area contributed by atoms with E-state index in [0.717, 1.165) is 47.3 Å². The average Bonchev–Trinajstić information content (AvgIpc) is 2.74. The minimum absolute atomic E-state index is 0.352. The van der Waals surface area contributed by atoms with Gasteiger partial charge in [-0.15, -0.1) is 0 Å². The molecule has 1 aliphatic rings. The standard InChI is InChI=1S/C15H17N7/c1-9-6-10(2)19-15(18-9)22-7-11(8-22)12-13-14(21(3)20-12)17-5-4-16-13/h4-6,11H,7-8H2,1-3H3. The second-order valence-corrected chi connectivity index (χ2v) is 5.79. The first-order valence-electron chi connectivity index (χ1n) is 7.32. The molecule has 0 radical (unpaired) electrons. The molecule has 1 fully saturated rings. The lowest BCUT2D eigenvalue weighted by atomic mass is 9.96. The van der Waals surface area contributed by atoms with E-state index in [-0.39, 0.29) is 0 Å². The largest absolute Gasteiger partial charge is 0.339 e. The Morgan fingerprint density at radius 3 is 2.45 bits per heavy atom. The van der Waals surface area contributed by atoms with Gasteiger partial charge in [0.15, 0.2) is 5.65 Å². The van der Waals surface area contributed by atoms with Crippen molar-refractivity contribution in [1.82, 2.24) is 29.7 Å². The highest BCUT2D eigenvalue weighted by atomic mass is 15.3. The molecule has 0 unspecified atom stereocenters. The Morgan fingerprint density at radius 1 is 1.05 bits per heavy atom. The summed E-state index contributed by atoms with van der Waals surface area (Å²) in [6.07, 6.45) is 3.42. The highest BCUT2D eigenvalue weighted by Gasteiger charge is 2.34. The molecule has 0 aliphatic carbocycles. The molecule has 1 aliphatic heterocycles. The van der Waals surface area contributed by atoms with Crippen molar-refractivity contribution in [1.29, 1.82) is 0 Å². The number of aromatic nitrogens is 6. The van der Waals surface area contributed by atoms with Crippen LogP contribution in [0.1, 0.15) is 23.0 Å². The van der Waals surface area contributed by atoms with Gasteiger partial charge in [0.1, 0.15) is 5.52 Å². The average molecular weight is 295 g/mol. The van der Waals surface area contributed by atoms with E-state index in [1.54, 1.807) is 17.1 Å². The van der Waals surface area contributed by atoms with Crippen LogP contribution in [0.5, 0.6) is 0 Å². The van der Waals surface area contributed by atoms with Crippen molar-refractivity contribution in [3.8, 4) is 0 Å². The van der Waals surface area contributed by atoms with Gasteiger partial charge in [0.25, 0.3) is 0 Å². The monoisotopic (exact) mass is 295 g/mol. The molecule has 0 N–H and O–H groups in total. The Hall–Kier alpha value is -2.57. The summed E-state index contributed by atoms with van der Waals surface area (Å²) < 4.78 is 1.80. The topological polar surface area (TPSA) is 72.6 Å². The highest BCUT2D eigenvalue weighted by molar-refractivity contribution is 5.74. The normalized spacial score (nSPS) is 15.3. The first kappa shape index (κ1) is 13.1. The minimum atomic E-state index is 0.352. The van der Waals surface area contributed by atoms with Crippen LogP contribution < -0.4 is 4.90 Å². The van der Waals surface area contributed by atoms with Gasteiger partial charge < -0.3 is 4.90 Å². The summed E-state index contributed by atoms with van der Waals surface area (Å²) in [5.74, 6) is 1.16. The van der Waals surface area contributed by atoms with E-state index in [0.29, 0.717) is 5.92 Å². The zero-order valence-corrected chi connectivity index (χ0v) is 12.9. The number of fused-ring (bicyclic) bond motifs is 1. The number of aryl methyl sites for hydroxylation is 3. The number of hydrogen-bond acceptors (Lipinski definition) is 6. The maximum atomic E-state index is 4.60. The second kappa shape index (κ2) is 4.72. The third kappa shape index (κ3) is 2.01. The minimum Gasteiger partial charge on any atom is -0.339 e. The van der Waals surface area contributed by atoms with Gasteiger partial charge >= 0.3 is 0 Å². The lowest BCUT2D eigenvalue weighted by molar-refractivity contribution is 0.498. The summed E-state index contributed by atoms with van der Waals surface area (Å²) in [4.78, 5) is 20.0. The molecule has 3 aromatic heterocycles. The lowest BCUT2D eigenvalue weighted by Crippen LogP contribution is -2.46. The Kier molecular flexibility index (Phi) is 2.82. The molecule has 7 nitrogen and oxygen atoms in total. The Morgan fingerprint density at radius 2 is 1.73 bits per heavy atom. The molecule has 4 rings (SSSR count).